The number of unbranched alkanes of at least 4 members (excludes halogenated alkanes) is 1. The third-order valence-corrected chi connectivity index (χ3v) is 3.52. The van der Waals surface area contributed by atoms with Gasteiger partial charge in [0.05, 0.1) is 18.9 Å². The molecule has 2 rings (SSSR count). The summed E-state index contributed by atoms with van der Waals surface area (Å²) >= 11 is 0. The van der Waals surface area contributed by atoms with Crippen LogP contribution >= 0.6 is 0 Å². The van der Waals surface area contributed by atoms with Gasteiger partial charge in [0.25, 0.3) is 0 Å². The number of benzene rings is 1. The Morgan fingerprint density at radius 1 is 1.36 bits per heavy atom. The van der Waals surface area contributed by atoms with Gasteiger partial charge >= 0.3 is 5.97 Å². The summed E-state index contributed by atoms with van der Waals surface area (Å²) in [5.41, 5.74) is 2.09. The monoisotopic (exact) mass is 297 g/mol. The van der Waals surface area contributed by atoms with Crippen LogP contribution in [0.2, 0.25) is 0 Å². The van der Waals surface area contributed by atoms with Crippen LogP contribution in [-0.4, -0.2) is 22.6 Å². The molecule has 0 unspecified atom stereocenters. The molecule has 0 fully saturated rings. The summed E-state index contributed by atoms with van der Waals surface area (Å²) in [4.78, 5) is 15.8. The molecular weight excluding hydrogens is 278 g/mol. The number of rotatable bonds is 6. The summed E-state index contributed by atoms with van der Waals surface area (Å²) in [6.45, 7) is 2.70. The molecule has 0 aliphatic carbocycles. The quantitative estimate of drug-likeness (QED) is 0.769. The average molecular weight is 297 g/mol. The van der Waals surface area contributed by atoms with Crippen molar-refractivity contribution < 1.29 is 9.53 Å². The lowest BCUT2D eigenvalue weighted by Gasteiger charge is -2.09. The van der Waals surface area contributed by atoms with Crippen LogP contribution < -0.4 is 0 Å². The maximum absolute atomic E-state index is 11.4. The van der Waals surface area contributed by atoms with Gasteiger partial charge in [-0.1, -0.05) is 25.5 Å². The van der Waals surface area contributed by atoms with Crippen molar-refractivity contribution in [3.05, 3.63) is 53.1 Å². The number of carbonyl (C=O) groups is 1. The van der Waals surface area contributed by atoms with Crippen molar-refractivity contribution in [1.82, 2.24) is 9.55 Å². The highest BCUT2D eigenvalue weighted by Crippen LogP contribution is 2.13. The molecule has 114 valence electrons. The maximum Gasteiger partial charge on any atom is 0.337 e. The molecular formula is C17H19N3O2. The number of nitriles is 1. The van der Waals surface area contributed by atoms with Crippen molar-refractivity contribution in [3.63, 3.8) is 0 Å². The molecule has 1 aromatic carbocycles. The van der Waals surface area contributed by atoms with Gasteiger partial charge in [0, 0.05) is 13.0 Å². The molecule has 1 heterocycles. The fraction of sp³-hybridized carbons (Fsp3) is 0.353. The molecule has 0 N–H and O–H groups in total. The number of carbonyl (C=O) groups excluding carboxylic acids is 1. The molecule has 5 nitrogen and oxygen atoms in total. The van der Waals surface area contributed by atoms with Gasteiger partial charge in [0.2, 0.25) is 0 Å². The predicted octanol–water partition coefficient (Wildman–Crippen LogP) is 2.93. The van der Waals surface area contributed by atoms with Crippen LogP contribution in [0.4, 0.5) is 0 Å². The number of methoxy groups -OCH3 is 1. The second-order valence-corrected chi connectivity index (χ2v) is 5.05. The van der Waals surface area contributed by atoms with E-state index in [4.69, 9.17) is 0 Å². The van der Waals surface area contributed by atoms with E-state index in [1.54, 1.807) is 18.3 Å². The van der Waals surface area contributed by atoms with Gasteiger partial charge in [-0.15, -0.1) is 0 Å². The van der Waals surface area contributed by atoms with Gasteiger partial charge in [-0.3, -0.25) is 0 Å². The zero-order valence-corrected chi connectivity index (χ0v) is 12.9. The van der Waals surface area contributed by atoms with E-state index in [2.05, 4.69) is 22.7 Å². The Labute approximate surface area is 130 Å². The smallest absolute Gasteiger partial charge is 0.337 e. The molecule has 1 aromatic heterocycles. The van der Waals surface area contributed by atoms with Crippen LogP contribution in [0.1, 0.15) is 47.2 Å². The average Bonchev–Trinajstić information content (AvgIpc) is 2.94. The highest BCUT2D eigenvalue weighted by Gasteiger charge is 2.10. The van der Waals surface area contributed by atoms with Crippen LogP contribution in [0.3, 0.4) is 0 Å². The van der Waals surface area contributed by atoms with Gasteiger partial charge in [-0.25, -0.2) is 9.78 Å². The molecule has 0 bridgehead atoms. The second kappa shape index (κ2) is 7.41. The van der Waals surface area contributed by atoms with Crippen LogP contribution in [0.25, 0.3) is 0 Å². The lowest BCUT2D eigenvalue weighted by molar-refractivity contribution is 0.0600. The van der Waals surface area contributed by atoms with Crippen LogP contribution in [0.15, 0.2) is 30.5 Å². The molecule has 0 spiro atoms. The van der Waals surface area contributed by atoms with Gasteiger partial charge < -0.3 is 9.30 Å². The molecule has 22 heavy (non-hydrogen) atoms. The fourth-order valence-electron chi connectivity index (χ4n) is 2.26. The van der Waals surface area contributed by atoms with Crippen molar-refractivity contribution in [1.29, 1.82) is 5.26 Å². The van der Waals surface area contributed by atoms with E-state index in [1.165, 1.54) is 7.11 Å². The molecule has 0 saturated carbocycles. The maximum atomic E-state index is 11.4. The number of nitrogens with zero attached hydrogens (tertiary/aromatic N) is 3. The first kappa shape index (κ1) is 15.8. The summed E-state index contributed by atoms with van der Waals surface area (Å²) in [6.07, 6.45) is 4.61. The van der Waals surface area contributed by atoms with Gasteiger partial charge in [0.15, 0.2) is 0 Å². The molecule has 0 radical (unpaired) electrons. The number of hydrogen-bond acceptors (Lipinski definition) is 4. The standard InChI is InChI=1S/C17H19N3O2/c1-3-4-5-16-19-11-15(10-18)20(16)12-13-6-8-14(9-7-13)17(21)22-2/h6-9,11H,3-5,12H2,1-2H3. The van der Waals surface area contributed by atoms with Gasteiger partial charge in [0.1, 0.15) is 17.6 Å². The summed E-state index contributed by atoms with van der Waals surface area (Å²) in [6, 6.07) is 9.39. The Morgan fingerprint density at radius 2 is 2.09 bits per heavy atom. The fourth-order valence-corrected chi connectivity index (χ4v) is 2.26. The minimum Gasteiger partial charge on any atom is -0.465 e. The number of hydrogen-bond donors (Lipinski definition) is 0. The Hall–Kier alpha value is -2.61. The van der Waals surface area contributed by atoms with E-state index in [1.807, 2.05) is 16.7 Å². The SMILES string of the molecule is CCCCc1ncc(C#N)n1Cc1ccc(C(=O)OC)cc1. The summed E-state index contributed by atoms with van der Waals surface area (Å²) in [7, 11) is 1.36. The van der Waals surface area contributed by atoms with Gasteiger partial charge in [-0.05, 0) is 24.1 Å². The normalized spacial score (nSPS) is 10.2. The van der Waals surface area contributed by atoms with E-state index in [-0.39, 0.29) is 5.97 Å². The Balaban J connectivity index is 2.21. The Morgan fingerprint density at radius 3 is 2.68 bits per heavy atom. The zero-order valence-electron chi connectivity index (χ0n) is 12.9. The summed E-state index contributed by atoms with van der Waals surface area (Å²) in [5, 5.41) is 9.21. The van der Waals surface area contributed by atoms with E-state index >= 15 is 0 Å². The topological polar surface area (TPSA) is 67.9 Å². The van der Waals surface area contributed by atoms with Crippen molar-refractivity contribution >= 4 is 5.97 Å². The minimum absolute atomic E-state index is 0.351. The largest absolute Gasteiger partial charge is 0.465 e. The first-order valence-electron chi connectivity index (χ1n) is 7.31. The van der Waals surface area contributed by atoms with E-state index in [0.29, 0.717) is 17.8 Å². The van der Waals surface area contributed by atoms with Crippen LogP contribution in [0.5, 0.6) is 0 Å². The summed E-state index contributed by atoms with van der Waals surface area (Å²) in [5.74, 6) is 0.575. The number of ether oxygens (including phenoxy) is 1. The van der Waals surface area contributed by atoms with E-state index in [0.717, 1.165) is 30.7 Å². The predicted molar refractivity (Wildman–Crippen MR) is 82.4 cm³/mol. The molecule has 0 atom stereocenters. The highest BCUT2D eigenvalue weighted by molar-refractivity contribution is 5.89. The van der Waals surface area contributed by atoms with Gasteiger partial charge in [-0.2, -0.15) is 5.26 Å². The lowest BCUT2D eigenvalue weighted by atomic mass is 10.1. The van der Waals surface area contributed by atoms with Crippen molar-refractivity contribution in [3.8, 4) is 6.07 Å². The first-order valence-corrected chi connectivity index (χ1v) is 7.31. The third kappa shape index (κ3) is 3.53. The third-order valence-electron chi connectivity index (χ3n) is 3.52. The molecule has 0 saturated heterocycles. The highest BCUT2D eigenvalue weighted by atomic mass is 16.5. The molecule has 0 amide bonds. The van der Waals surface area contributed by atoms with Crippen molar-refractivity contribution in [2.75, 3.05) is 7.11 Å². The number of aromatic nitrogens is 2. The molecule has 0 aliphatic rings. The molecule has 2 aromatic rings. The Bertz CT molecular complexity index is 681. The summed E-state index contributed by atoms with van der Waals surface area (Å²) < 4.78 is 6.62. The van der Waals surface area contributed by atoms with E-state index in [9.17, 15) is 10.1 Å². The number of esters is 1. The Kier molecular flexibility index (Phi) is 5.31. The lowest BCUT2D eigenvalue weighted by Crippen LogP contribution is -2.08. The number of imidazole rings is 1. The van der Waals surface area contributed by atoms with Crippen LogP contribution in [0, 0.1) is 11.3 Å². The van der Waals surface area contributed by atoms with E-state index < -0.39 is 0 Å². The zero-order chi connectivity index (χ0) is 15.9. The van der Waals surface area contributed by atoms with Crippen molar-refractivity contribution in [2.24, 2.45) is 0 Å². The van der Waals surface area contributed by atoms with Crippen LogP contribution in [-0.2, 0) is 17.7 Å². The minimum atomic E-state index is -0.351. The second-order valence-electron chi connectivity index (χ2n) is 5.05. The number of aryl methyl sites for hydroxylation is 1. The van der Waals surface area contributed by atoms with Crippen molar-refractivity contribution in [2.45, 2.75) is 32.7 Å². The molecule has 5 heteroatoms. The first-order chi connectivity index (χ1) is 10.7. The molecule has 0 aliphatic heterocycles.